The minimum absolute atomic E-state index is 0.433. The van der Waals surface area contributed by atoms with Crippen LogP contribution in [-0.2, 0) is 0 Å². The van der Waals surface area contributed by atoms with E-state index >= 15 is 0 Å². The van der Waals surface area contributed by atoms with Crippen molar-refractivity contribution in [2.24, 2.45) is 5.41 Å². The summed E-state index contributed by atoms with van der Waals surface area (Å²) in [5.41, 5.74) is 1.72. The van der Waals surface area contributed by atoms with Gasteiger partial charge in [-0.3, -0.25) is 4.90 Å². The fraction of sp³-hybridized carbons (Fsp3) is 0.647. The smallest absolute Gasteiger partial charge is 0.0407 e. The van der Waals surface area contributed by atoms with Gasteiger partial charge in [0.15, 0.2) is 0 Å². The molecular weight excluding hydrogens is 348 g/mol. The molecule has 0 aliphatic carbocycles. The molecule has 0 bridgehead atoms. The summed E-state index contributed by atoms with van der Waals surface area (Å²) in [6.45, 7) is 10.3. The Morgan fingerprint density at radius 2 is 1.62 bits per heavy atom. The molecule has 0 aromatic heterocycles. The van der Waals surface area contributed by atoms with E-state index in [1.807, 2.05) is 12.1 Å². The van der Waals surface area contributed by atoms with E-state index in [2.05, 4.69) is 51.7 Å². The van der Waals surface area contributed by atoms with Crippen LogP contribution in [0.3, 0.4) is 0 Å². The molecule has 2 nitrogen and oxygen atoms in total. The van der Waals surface area contributed by atoms with Crippen LogP contribution in [0.15, 0.2) is 24.3 Å². The number of benzene rings is 1. The van der Waals surface area contributed by atoms with Crippen molar-refractivity contribution in [1.29, 1.82) is 0 Å². The maximum Gasteiger partial charge on any atom is 0.0407 e. The van der Waals surface area contributed by atoms with Gasteiger partial charge in [-0.25, -0.2) is 0 Å². The SMILES string of the molecule is CCC(CC)(CBr)CN1CCN(c2ccc(Cl)cc2)CC1. The van der Waals surface area contributed by atoms with Gasteiger partial charge >= 0.3 is 0 Å². The summed E-state index contributed by atoms with van der Waals surface area (Å²) < 4.78 is 0. The lowest BCUT2D eigenvalue weighted by Gasteiger charge is -2.41. The molecule has 21 heavy (non-hydrogen) atoms. The Balaban J connectivity index is 1.89. The average Bonchev–Trinajstić information content (AvgIpc) is 2.54. The molecule has 1 fully saturated rings. The zero-order valence-electron chi connectivity index (χ0n) is 13.1. The molecule has 0 atom stereocenters. The summed E-state index contributed by atoms with van der Waals surface area (Å²) >= 11 is 9.69. The van der Waals surface area contributed by atoms with Gasteiger partial charge < -0.3 is 4.90 Å². The van der Waals surface area contributed by atoms with Gasteiger partial charge in [0.2, 0.25) is 0 Å². The minimum Gasteiger partial charge on any atom is -0.369 e. The van der Waals surface area contributed by atoms with Crippen LogP contribution in [0.25, 0.3) is 0 Å². The highest BCUT2D eigenvalue weighted by molar-refractivity contribution is 9.09. The van der Waals surface area contributed by atoms with E-state index in [-0.39, 0.29) is 0 Å². The summed E-state index contributed by atoms with van der Waals surface area (Å²) in [6, 6.07) is 8.21. The third-order valence-corrected chi connectivity index (χ3v) is 6.35. The molecule has 1 aliphatic rings. The molecule has 0 amide bonds. The molecule has 1 aliphatic heterocycles. The summed E-state index contributed by atoms with van der Waals surface area (Å²) in [4.78, 5) is 5.08. The second-order valence-electron chi connectivity index (χ2n) is 6.08. The van der Waals surface area contributed by atoms with Gasteiger partial charge in [-0.2, -0.15) is 0 Å². The third kappa shape index (κ3) is 4.37. The Hall–Kier alpha value is -0.250. The highest BCUT2D eigenvalue weighted by Gasteiger charge is 2.29. The summed E-state index contributed by atoms with van der Waals surface area (Å²) in [5, 5.41) is 1.91. The standard InChI is InChI=1S/C17H26BrClN2/c1-3-17(4-2,13-18)14-20-9-11-21(12-10-20)16-7-5-15(19)6-8-16/h5-8H,3-4,9-14H2,1-2H3. The second-order valence-corrected chi connectivity index (χ2v) is 7.08. The molecule has 0 radical (unpaired) electrons. The number of halogens is 2. The molecule has 0 saturated carbocycles. The molecule has 1 saturated heterocycles. The Morgan fingerprint density at radius 3 is 2.10 bits per heavy atom. The molecule has 4 heteroatoms. The van der Waals surface area contributed by atoms with Crippen molar-refractivity contribution in [2.75, 3.05) is 43.0 Å². The van der Waals surface area contributed by atoms with Crippen molar-refractivity contribution in [3.05, 3.63) is 29.3 Å². The van der Waals surface area contributed by atoms with Crippen LogP contribution in [-0.4, -0.2) is 43.0 Å². The van der Waals surface area contributed by atoms with E-state index in [0.717, 1.165) is 36.5 Å². The zero-order chi connectivity index (χ0) is 15.3. The predicted octanol–water partition coefficient (Wildman–Crippen LogP) is 4.66. The maximum atomic E-state index is 5.96. The molecule has 1 aromatic carbocycles. The number of hydrogen-bond donors (Lipinski definition) is 0. The first-order valence-corrected chi connectivity index (χ1v) is 9.41. The first-order chi connectivity index (χ1) is 10.1. The number of alkyl halides is 1. The van der Waals surface area contributed by atoms with E-state index in [0.29, 0.717) is 5.41 Å². The lowest BCUT2D eigenvalue weighted by Crippen LogP contribution is -2.50. The third-order valence-electron chi connectivity index (χ3n) is 4.91. The van der Waals surface area contributed by atoms with Gasteiger partial charge in [-0.15, -0.1) is 0 Å². The van der Waals surface area contributed by atoms with Crippen LogP contribution in [0.2, 0.25) is 5.02 Å². The molecule has 1 aromatic rings. The molecule has 0 spiro atoms. The van der Waals surface area contributed by atoms with Crippen molar-refractivity contribution in [1.82, 2.24) is 4.90 Å². The van der Waals surface area contributed by atoms with E-state index in [9.17, 15) is 0 Å². The van der Waals surface area contributed by atoms with E-state index in [1.165, 1.54) is 25.1 Å². The molecule has 1 heterocycles. The summed E-state index contributed by atoms with van der Waals surface area (Å²) in [7, 11) is 0. The van der Waals surface area contributed by atoms with Gasteiger partial charge in [-0.1, -0.05) is 41.4 Å². The first-order valence-electron chi connectivity index (χ1n) is 7.91. The van der Waals surface area contributed by atoms with Crippen LogP contribution in [0.5, 0.6) is 0 Å². The second kappa shape index (κ2) is 7.85. The lowest BCUT2D eigenvalue weighted by atomic mass is 9.84. The number of anilines is 1. The summed E-state index contributed by atoms with van der Waals surface area (Å²) in [5.74, 6) is 0. The minimum atomic E-state index is 0.433. The number of rotatable bonds is 6. The van der Waals surface area contributed by atoms with Gasteiger partial charge in [0, 0.05) is 48.8 Å². The lowest BCUT2D eigenvalue weighted by molar-refractivity contribution is 0.152. The first kappa shape index (κ1) is 17.1. The fourth-order valence-corrected chi connectivity index (χ4v) is 4.09. The van der Waals surface area contributed by atoms with Gasteiger partial charge in [0.25, 0.3) is 0 Å². The monoisotopic (exact) mass is 372 g/mol. The number of piperazine rings is 1. The quantitative estimate of drug-likeness (QED) is 0.669. The van der Waals surface area contributed by atoms with Crippen LogP contribution in [0.1, 0.15) is 26.7 Å². The van der Waals surface area contributed by atoms with Crippen LogP contribution < -0.4 is 4.90 Å². The topological polar surface area (TPSA) is 6.48 Å². The van der Waals surface area contributed by atoms with Crippen molar-refractivity contribution in [3.63, 3.8) is 0 Å². The fourth-order valence-electron chi connectivity index (χ4n) is 3.00. The molecular formula is C17H26BrClN2. The van der Waals surface area contributed by atoms with Crippen LogP contribution >= 0.6 is 27.5 Å². The number of nitrogens with zero attached hydrogens (tertiary/aromatic N) is 2. The van der Waals surface area contributed by atoms with Crippen LogP contribution in [0, 0.1) is 5.41 Å². The van der Waals surface area contributed by atoms with Gasteiger partial charge in [-0.05, 0) is 42.5 Å². The Kier molecular flexibility index (Phi) is 6.39. The van der Waals surface area contributed by atoms with Crippen LogP contribution in [0.4, 0.5) is 5.69 Å². The Bertz CT molecular complexity index is 415. The van der Waals surface area contributed by atoms with Gasteiger partial charge in [0.1, 0.15) is 0 Å². The van der Waals surface area contributed by atoms with Crippen molar-refractivity contribution < 1.29 is 0 Å². The van der Waals surface area contributed by atoms with E-state index in [1.54, 1.807) is 0 Å². The molecule has 0 N–H and O–H groups in total. The number of hydrogen-bond acceptors (Lipinski definition) is 2. The Labute approximate surface area is 142 Å². The highest BCUT2D eigenvalue weighted by atomic mass is 79.9. The molecule has 2 rings (SSSR count). The predicted molar refractivity (Wildman–Crippen MR) is 96.9 cm³/mol. The van der Waals surface area contributed by atoms with Crippen molar-refractivity contribution in [3.8, 4) is 0 Å². The largest absolute Gasteiger partial charge is 0.369 e. The zero-order valence-corrected chi connectivity index (χ0v) is 15.5. The molecule has 118 valence electrons. The van der Waals surface area contributed by atoms with E-state index < -0.39 is 0 Å². The molecule has 0 unspecified atom stereocenters. The Morgan fingerprint density at radius 1 is 1.05 bits per heavy atom. The van der Waals surface area contributed by atoms with Gasteiger partial charge in [0.05, 0.1) is 0 Å². The maximum absolute atomic E-state index is 5.96. The van der Waals surface area contributed by atoms with Crippen molar-refractivity contribution in [2.45, 2.75) is 26.7 Å². The highest BCUT2D eigenvalue weighted by Crippen LogP contribution is 2.30. The average molecular weight is 374 g/mol. The van der Waals surface area contributed by atoms with E-state index in [4.69, 9.17) is 11.6 Å². The summed E-state index contributed by atoms with van der Waals surface area (Å²) in [6.07, 6.45) is 2.48. The normalized spacial score (nSPS) is 17.2. The van der Waals surface area contributed by atoms with Crippen molar-refractivity contribution >= 4 is 33.2 Å².